The number of rotatable bonds is 4. The number of amides is 1. The Labute approximate surface area is 191 Å². The SMILES string of the molecule is Cn1nc(C(=O)Nc2ccc(N3CCOCC3)cc2N2CCOCC2)c2ccccc2c1=O. The summed E-state index contributed by atoms with van der Waals surface area (Å²) in [4.78, 5) is 30.3. The van der Waals surface area contributed by atoms with E-state index in [1.54, 1.807) is 31.3 Å². The van der Waals surface area contributed by atoms with Gasteiger partial charge in [0, 0.05) is 44.3 Å². The Morgan fingerprint density at radius 1 is 0.909 bits per heavy atom. The molecule has 2 aromatic carbocycles. The molecule has 3 aromatic rings. The van der Waals surface area contributed by atoms with Crippen LogP contribution in [0.1, 0.15) is 10.5 Å². The first-order valence-corrected chi connectivity index (χ1v) is 11.2. The molecule has 3 heterocycles. The van der Waals surface area contributed by atoms with Gasteiger partial charge in [0.2, 0.25) is 0 Å². The predicted octanol–water partition coefficient (Wildman–Crippen LogP) is 1.86. The number of aryl methyl sites for hydroxylation is 1. The largest absolute Gasteiger partial charge is 0.378 e. The fourth-order valence-corrected chi connectivity index (χ4v) is 4.36. The minimum atomic E-state index is -0.351. The summed E-state index contributed by atoms with van der Waals surface area (Å²) >= 11 is 0. The van der Waals surface area contributed by atoms with E-state index in [4.69, 9.17) is 9.47 Å². The van der Waals surface area contributed by atoms with Crippen molar-refractivity contribution in [2.75, 3.05) is 67.7 Å². The van der Waals surface area contributed by atoms with Crippen LogP contribution in [0, 0.1) is 0 Å². The molecule has 0 radical (unpaired) electrons. The van der Waals surface area contributed by atoms with Crippen LogP contribution in [-0.4, -0.2) is 68.3 Å². The van der Waals surface area contributed by atoms with E-state index in [1.165, 1.54) is 4.68 Å². The highest BCUT2D eigenvalue weighted by Gasteiger charge is 2.22. The van der Waals surface area contributed by atoms with Gasteiger partial charge in [0.05, 0.1) is 43.2 Å². The molecule has 2 fully saturated rings. The van der Waals surface area contributed by atoms with Gasteiger partial charge in [-0.05, 0) is 24.3 Å². The molecule has 5 rings (SSSR count). The third kappa shape index (κ3) is 4.29. The molecule has 9 heteroatoms. The van der Waals surface area contributed by atoms with Gasteiger partial charge in [0.25, 0.3) is 11.5 Å². The molecular weight excluding hydrogens is 422 g/mol. The zero-order valence-corrected chi connectivity index (χ0v) is 18.6. The highest BCUT2D eigenvalue weighted by molar-refractivity contribution is 6.12. The molecule has 0 atom stereocenters. The number of nitrogens with zero attached hydrogens (tertiary/aromatic N) is 4. The number of carbonyl (C=O) groups excluding carboxylic acids is 1. The third-order valence-corrected chi connectivity index (χ3v) is 6.13. The summed E-state index contributed by atoms with van der Waals surface area (Å²) in [6, 6.07) is 13.1. The van der Waals surface area contributed by atoms with E-state index in [0.29, 0.717) is 42.9 Å². The second-order valence-corrected chi connectivity index (χ2v) is 8.18. The van der Waals surface area contributed by atoms with Crippen LogP contribution in [0.4, 0.5) is 17.1 Å². The van der Waals surface area contributed by atoms with Crippen molar-refractivity contribution in [3.63, 3.8) is 0 Å². The van der Waals surface area contributed by atoms with Gasteiger partial charge in [-0.1, -0.05) is 18.2 Å². The van der Waals surface area contributed by atoms with Crippen molar-refractivity contribution in [3.8, 4) is 0 Å². The first kappa shape index (κ1) is 21.4. The molecule has 2 aliphatic heterocycles. The molecule has 1 aromatic heterocycles. The highest BCUT2D eigenvalue weighted by atomic mass is 16.5. The molecule has 0 aliphatic carbocycles. The number of ether oxygens (including phenoxy) is 2. The molecule has 0 saturated carbocycles. The number of morpholine rings is 2. The van der Waals surface area contributed by atoms with E-state index in [-0.39, 0.29) is 17.2 Å². The molecule has 1 N–H and O–H groups in total. The summed E-state index contributed by atoms with van der Waals surface area (Å²) in [6.07, 6.45) is 0. The normalized spacial score (nSPS) is 16.8. The number of nitrogens with one attached hydrogen (secondary N) is 1. The second kappa shape index (κ2) is 9.21. The highest BCUT2D eigenvalue weighted by Crippen LogP contribution is 2.32. The zero-order valence-electron chi connectivity index (χ0n) is 18.6. The molecule has 1 amide bonds. The van der Waals surface area contributed by atoms with Gasteiger partial charge >= 0.3 is 0 Å². The lowest BCUT2D eigenvalue weighted by molar-refractivity contribution is 0.102. The molecule has 9 nitrogen and oxygen atoms in total. The number of hydrogen-bond acceptors (Lipinski definition) is 7. The molecule has 0 bridgehead atoms. The Balaban J connectivity index is 1.51. The van der Waals surface area contributed by atoms with Crippen LogP contribution < -0.4 is 20.7 Å². The summed E-state index contributed by atoms with van der Waals surface area (Å²) in [5.41, 5.74) is 2.75. The maximum Gasteiger partial charge on any atom is 0.276 e. The van der Waals surface area contributed by atoms with Crippen LogP contribution >= 0.6 is 0 Å². The molecule has 33 heavy (non-hydrogen) atoms. The average molecular weight is 450 g/mol. The van der Waals surface area contributed by atoms with Crippen molar-refractivity contribution in [3.05, 3.63) is 58.5 Å². The van der Waals surface area contributed by atoms with E-state index < -0.39 is 0 Å². The molecule has 0 spiro atoms. The predicted molar refractivity (Wildman–Crippen MR) is 127 cm³/mol. The van der Waals surface area contributed by atoms with Crippen LogP contribution in [0.15, 0.2) is 47.3 Å². The van der Waals surface area contributed by atoms with Gasteiger partial charge in [-0.25, -0.2) is 4.68 Å². The van der Waals surface area contributed by atoms with Gasteiger partial charge in [-0.2, -0.15) is 5.10 Å². The van der Waals surface area contributed by atoms with Crippen LogP contribution in [0.2, 0.25) is 0 Å². The number of benzene rings is 2. The topological polar surface area (TPSA) is 88.9 Å². The van der Waals surface area contributed by atoms with Gasteiger partial charge in [-0.3, -0.25) is 9.59 Å². The minimum Gasteiger partial charge on any atom is -0.378 e. The quantitative estimate of drug-likeness (QED) is 0.650. The van der Waals surface area contributed by atoms with Gasteiger partial charge < -0.3 is 24.6 Å². The standard InChI is InChI=1S/C24H27N5O4/c1-27-24(31)19-5-3-2-4-18(19)22(26-27)23(30)25-20-7-6-17(28-8-12-32-13-9-28)16-21(20)29-10-14-33-15-11-29/h2-7,16H,8-15H2,1H3,(H,25,30). The number of aromatic nitrogens is 2. The lowest BCUT2D eigenvalue weighted by atomic mass is 10.1. The van der Waals surface area contributed by atoms with Crippen molar-refractivity contribution in [1.82, 2.24) is 9.78 Å². The molecule has 172 valence electrons. The van der Waals surface area contributed by atoms with Crippen molar-refractivity contribution < 1.29 is 14.3 Å². The second-order valence-electron chi connectivity index (χ2n) is 8.18. The Morgan fingerprint density at radius 2 is 1.55 bits per heavy atom. The summed E-state index contributed by atoms with van der Waals surface area (Å²) < 4.78 is 12.2. The zero-order chi connectivity index (χ0) is 22.8. The fourth-order valence-electron chi connectivity index (χ4n) is 4.36. The third-order valence-electron chi connectivity index (χ3n) is 6.13. The van der Waals surface area contributed by atoms with E-state index in [9.17, 15) is 9.59 Å². The van der Waals surface area contributed by atoms with Crippen LogP contribution in [0.25, 0.3) is 10.8 Å². The summed E-state index contributed by atoms with van der Waals surface area (Å²) in [5.74, 6) is -0.351. The maximum atomic E-state index is 13.4. The lowest BCUT2D eigenvalue weighted by Gasteiger charge is -2.33. The van der Waals surface area contributed by atoms with Crippen molar-refractivity contribution in [1.29, 1.82) is 0 Å². The van der Waals surface area contributed by atoms with E-state index in [0.717, 1.165) is 37.6 Å². The van der Waals surface area contributed by atoms with E-state index in [2.05, 4.69) is 26.3 Å². The first-order chi connectivity index (χ1) is 16.1. The van der Waals surface area contributed by atoms with Crippen LogP contribution in [-0.2, 0) is 16.5 Å². The number of anilines is 3. The van der Waals surface area contributed by atoms with Crippen molar-refractivity contribution in [2.24, 2.45) is 7.05 Å². The summed E-state index contributed by atoms with van der Waals surface area (Å²) in [6.45, 7) is 5.86. The van der Waals surface area contributed by atoms with Crippen molar-refractivity contribution in [2.45, 2.75) is 0 Å². The fraction of sp³-hybridized carbons (Fsp3) is 0.375. The van der Waals surface area contributed by atoms with Crippen LogP contribution in [0.3, 0.4) is 0 Å². The number of fused-ring (bicyclic) bond motifs is 1. The molecule has 2 aliphatic rings. The summed E-state index contributed by atoms with van der Waals surface area (Å²) in [5, 5.41) is 8.32. The average Bonchev–Trinajstić information content (AvgIpc) is 2.87. The smallest absolute Gasteiger partial charge is 0.276 e. The molecule has 2 saturated heterocycles. The Kier molecular flexibility index (Phi) is 5.97. The summed E-state index contributed by atoms with van der Waals surface area (Å²) in [7, 11) is 1.56. The van der Waals surface area contributed by atoms with Crippen LogP contribution in [0.5, 0.6) is 0 Å². The Morgan fingerprint density at radius 3 is 2.24 bits per heavy atom. The van der Waals surface area contributed by atoms with Gasteiger partial charge in [0.1, 0.15) is 0 Å². The Bertz CT molecular complexity index is 1230. The number of hydrogen-bond donors (Lipinski definition) is 1. The molecular formula is C24H27N5O4. The van der Waals surface area contributed by atoms with E-state index in [1.807, 2.05) is 12.1 Å². The lowest BCUT2D eigenvalue weighted by Crippen LogP contribution is -2.38. The van der Waals surface area contributed by atoms with Gasteiger partial charge in [-0.15, -0.1) is 0 Å². The van der Waals surface area contributed by atoms with Crippen molar-refractivity contribution >= 4 is 33.7 Å². The first-order valence-electron chi connectivity index (χ1n) is 11.2. The Hall–Kier alpha value is -3.43. The monoisotopic (exact) mass is 449 g/mol. The van der Waals surface area contributed by atoms with E-state index >= 15 is 0 Å². The maximum absolute atomic E-state index is 13.4. The minimum absolute atomic E-state index is 0.220. The van der Waals surface area contributed by atoms with Gasteiger partial charge in [0.15, 0.2) is 5.69 Å². The number of carbonyl (C=O) groups is 1. The molecule has 0 unspecified atom stereocenters.